The zero-order valence-corrected chi connectivity index (χ0v) is 14.2. The molecule has 126 valence electrons. The van der Waals surface area contributed by atoms with E-state index in [1.54, 1.807) is 40.9 Å². The van der Waals surface area contributed by atoms with E-state index in [1.165, 1.54) is 9.58 Å². The molecule has 1 heterocycles. The van der Waals surface area contributed by atoms with Crippen LogP contribution in [0, 0.1) is 11.3 Å². The Morgan fingerprint density at radius 2 is 2.09 bits per heavy atom. The lowest BCUT2D eigenvalue weighted by atomic mass is 10.2. The first-order chi connectivity index (χ1) is 10.6. The van der Waals surface area contributed by atoms with Crippen molar-refractivity contribution in [1.29, 1.82) is 5.26 Å². The minimum atomic E-state index is -0.581. The van der Waals surface area contributed by atoms with Crippen LogP contribution in [-0.4, -0.2) is 46.4 Å². The van der Waals surface area contributed by atoms with Crippen LogP contribution in [0.1, 0.15) is 43.4 Å². The van der Waals surface area contributed by atoms with Crippen molar-refractivity contribution in [3.8, 4) is 6.07 Å². The van der Waals surface area contributed by atoms with Gasteiger partial charge < -0.3 is 15.0 Å². The van der Waals surface area contributed by atoms with Crippen molar-refractivity contribution in [1.82, 2.24) is 20.0 Å². The van der Waals surface area contributed by atoms with Crippen LogP contribution in [0.25, 0.3) is 0 Å². The first kappa shape index (κ1) is 18.5. The predicted octanol–water partition coefficient (Wildman–Crippen LogP) is 1.52. The number of nitrogens with one attached hydrogen (secondary N) is 1. The quantitative estimate of drug-likeness (QED) is 0.886. The molecule has 0 bridgehead atoms. The van der Waals surface area contributed by atoms with Gasteiger partial charge in [-0.15, -0.1) is 0 Å². The molecule has 23 heavy (non-hydrogen) atoms. The Hall–Kier alpha value is -2.56. The first-order valence-corrected chi connectivity index (χ1v) is 7.26. The fourth-order valence-electron chi connectivity index (χ4n) is 1.76. The number of amides is 2. The smallest absolute Gasteiger partial charge is 0.407 e. The number of ether oxygens (including phenoxy) is 1. The van der Waals surface area contributed by atoms with Gasteiger partial charge in [0.15, 0.2) is 0 Å². The van der Waals surface area contributed by atoms with E-state index in [9.17, 15) is 9.59 Å². The third-order valence-corrected chi connectivity index (χ3v) is 2.70. The summed E-state index contributed by atoms with van der Waals surface area (Å²) in [5.74, 6) is -0.209. The highest BCUT2D eigenvalue weighted by Crippen LogP contribution is 2.10. The predicted molar refractivity (Wildman–Crippen MR) is 83.5 cm³/mol. The minimum absolute atomic E-state index is 0.141. The van der Waals surface area contributed by atoms with Crippen LogP contribution in [-0.2, 0) is 17.8 Å². The van der Waals surface area contributed by atoms with Crippen molar-refractivity contribution in [3.63, 3.8) is 0 Å². The molecule has 0 fully saturated rings. The maximum absolute atomic E-state index is 12.1. The lowest BCUT2D eigenvalue weighted by molar-refractivity contribution is 0.0522. The molecule has 0 aromatic carbocycles. The summed E-state index contributed by atoms with van der Waals surface area (Å²) >= 11 is 0. The molecule has 8 nitrogen and oxygen atoms in total. The van der Waals surface area contributed by atoms with Crippen molar-refractivity contribution in [2.24, 2.45) is 0 Å². The lowest BCUT2D eigenvalue weighted by Crippen LogP contribution is -2.32. The number of hydrogen-bond donors (Lipinski definition) is 1. The van der Waals surface area contributed by atoms with E-state index < -0.39 is 11.7 Å². The maximum Gasteiger partial charge on any atom is 0.407 e. The summed E-state index contributed by atoms with van der Waals surface area (Å²) in [5.41, 5.74) is 0.327. The van der Waals surface area contributed by atoms with E-state index in [4.69, 9.17) is 10.00 Å². The highest BCUT2D eigenvalue weighted by Gasteiger charge is 2.19. The molecule has 1 aromatic heterocycles. The summed E-state index contributed by atoms with van der Waals surface area (Å²) in [6.07, 6.45) is -0.307. The second-order valence-corrected chi connectivity index (χ2v) is 6.21. The van der Waals surface area contributed by atoms with Crippen LogP contribution in [0.2, 0.25) is 0 Å². The second kappa shape index (κ2) is 7.63. The Kier molecular flexibility index (Phi) is 6.13. The number of rotatable bonds is 5. The standard InChI is InChI=1S/C15H23N5O3/c1-15(2,3)23-14(22)17-10-11-9-12(13(21)19(4)5)20(18-11)8-6-7-16/h9H,6,8,10H2,1-5H3,(H,17,22). The van der Waals surface area contributed by atoms with Gasteiger partial charge in [-0.2, -0.15) is 10.4 Å². The van der Waals surface area contributed by atoms with Gasteiger partial charge in [-0.1, -0.05) is 0 Å². The number of carbonyl (C=O) groups excluding carboxylic acids is 2. The van der Waals surface area contributed by atoms with Gasteiger partial charge in [0.05, 0.1) is 31.3 Å². The summed E-state index contributed by atoms with van der Waals surface area (Å²) in [6.45, 7) is 5.78. The molecule has 1 rings (SSSR count). The minimum Gasteiger partial charge on any atom is -0.444 e. The zero-order chi connectivity index (χ0) is 17.6. The number of nitriles is 1. The monoisotopic (exact) mass is 321 g/mol. The molecule has 0 atom stereocenters. The summed E-state index contributed by atoms with van der Waals surface area (Å²) in [7, 11) is 3.28. The molecule has 0 saturated carbocycles. The van der Waals surface area contributed by atoms with Crippen molar-refractivity contribution in [2.75, 3.05) is 14.1 Å². The molecule has 0 aliphatic rings. The molecule has 0 unspecified atom stereocenters. The Morgan fingerprint density at radius 1 is 1.43 bits per heavy atom. The van der Waals surface area contributed by atoms with Crippen LogP contribution >= 0.6 is 0 Å². The van der Waals surface area contributed by atoms with Crippen LogP contribution < -0.4 is 5.32 Å². The molecule has 1 N–H and O–H groups in total. The largest absolute Gasteiger partial charge is 0.444 e. The van der Waals surface area contributed by atoms with E-state index >= 15 is 0 Å². The third-order valence-electron chi connectivity index (χ3n) is 2.70. The molecule has 1 aromatic rings. The van der Waals surface area contributed by atoms with Gasteiger partial charge in [-0.05, 0) is 26.8 Å². The van der Waals surface area contributed by atoms with Crippen LogP contribution in [0.15, 0.2) is 6.07 Å². The van der Waals surface area contributed by atoms with E-state index in [0.717, 1.165) is 0 Å². The maximum atomic E-state index is 12.1. The molecule has 2 amide bonds. The lowest BCUT2D eigenvalue weighted by Gasteiger charge is -2.19. The van der Waals surface area contributed by atoms with Crippen LogP contribution in [0.4, 0.5) is 4.79 Å². The van der Waals surface area contributed by atoms with Gasteiger partial charge in [-0.25, -0.2) is 4.79 Å². The number of alkyl carbamates (subject to hydrolysis) is 1. The molecule has 0 saturated heterocycles. The zero-order valence-electron chi connectivity index (χ0n) is 14.2. The summed E-state index contributed by atoms with van der Waals surface area (Å²) < 4.78 is 6.63. The van der Waals surface area contributed by atoms with Crippen molar-refractivity contribution >= 4 is 12.0 Å². The second-order valence-electron chi connectivity index (χ2n) is 6.21. The number of hydrogen-bond acceptors (Lipinski definition) is 5. The van der Waals surface area contributed by atoms with Gasteiger partial charge in [0.1, 0.15) is 11.3 Å². The SMILES string of the molecule is CN(C)C(=O)c1cc(CNC(=O)OC(C)(C)C)nn1CCC#N. The summed E-state index contributed by atoms with van der Waals surface area (Å²) in [4.78, 5) is 25.2. The average Bonchev–Trinajstić information content (AvgIpc) is 2.83. The fraction of sp³-hybridized carbons (Fsp3) is 0.600. The molecular weight excluding hydrogens is 298 g/mol. The topological polar surface area (TPSA) is 100 Å². The highest BCUT2D eigenvalue weighted by molar-refractivity contribution is 5.92. The Labute approximate surface area is 136 Å². The number of aryl methyl sites for hydroxylation is 1. The average molecular weight is 321 g/mol. The summed E-state index contributed by atoms with van der Waals surface area (Å²) in [5, 5.41) is 15.6. The molecule has 0 spiro atoms. The third kappa shape index (κ3) is 5.98. The highest BCUT2D eigenvalue weighted by atomic mass is 16.6. The Morgan fingerprint density at radius 3 is 2.61 bits per heavy atom. The van der Waals surface area contributed by atoms with E-state index in [-0.39, 0.29) is 18.9 Å². The molecule has 0 radical (unpaired) electrons. The van der Waals surface area contributed by atoms with Gasteiger partial charge in [0, 0.05) is 14.1 Å². The van der Waals surface area contributed by atoms with Crippen molar-refractivity contribution in [2.45, 2.75) is 45.9 Å². The first-order valence-electron chi connectivity index (χ1n) is 7.26. The number of nitrogens with zero attached hydrogens (tertiary/aromatic N) is 4. The Balaban J connectivity index is 2.82. The fourth-order valence-corrected chi connectivity index (χ4v) is 1.76. The molecule has 8 heteroatoms. The van der Waals surface area contributed by atoms with Crippen molar-refractivity contribution in [3.05, 3.63) is 17.5 Å². The normalized spacial score (nSPS) is 10.8. The van der Waals surface area contributed by atoms with Gasteiger partial charge in [0.2, 0.25) is 0 Å². The van der Waals surface area contributed by atoms with Crippen LogP contribution in [0.3, 0.4) is 0 Å². The number of aromatic nitrogens is 2. The van der Waals surface area contributed by atoms with Crippen LogP contribution in [0.5, 0.6) is 0 Å². The van der Waals surface area contributed by atoms with Gasteiger partial charge in [0.25, 0.3) is 5.91 Å². The van der Waals surface area contributed by atoms with E-state index in [0.29, 0.717) is 17.9 Å². The Bertz CT molecular complexity index is 608. The molecule has 0 aliphatic carbocycles. The van der Waals surface area contributed by atoms with E-state index in [2.05, 4.69) is 10.4 Å². The molecule has 0 aliphatic heterocycles. The van der Waals surface area contributed by atoms with Gasteiger partial charge in [-0.3, -0.25) is 9.48 Å². The number of carbonyl (C=O) groups is 2. The van der Waals surface area contributed by atoms with E-state index in [1.807, 2.05) is 6.07 Å². The summed E-state index contributed by atoms with van der Waals surface area (Å²) in [6, 6.07) is 3.63. The van der Waals surface area contributed by atoms with Crippen molar-refractivity contribution < 1.29 is 14.3 Å². The molecular formula is C15H23N5O3. The van der Waals surface area contributed by atoms with Gasteiger partial charge >= 0.3 is 6.09 Å².